The molecule has 0 radical (unpaired) electrons. The Bertz CT molecular complexity index is 402. The van der Waals surface area contributed by atoms with Crippen molar-refractivity contribution in [2.24, 2.45) is 0 Å². The van der Waals surface area contributed by atoms with Gasteiger partial charge in [0.05, 0.1) is 5.60 Å². The number of benzene rings is 1. The highest BCUT2D eigenvalue weighted by molar-refractivity contribution is 5.33. The summed E-state index contributed by atoms with van der Waals surface area (Å²) >= 11 is 0. The van der Waals surface area contributed by atoms with Crippen LogP contribution in [-0.2, 0) is 12.0 Å². The van der Waals surface area contributed by atoms with Crippen LogP contribution in [0.5, 0.6) is 0 Å². The highest BCUT2D eigenvalue weighted by Gasteiger charge is 2.31. The van der Waals surface area contributed by atoms with Crippen LogP contribution in [0.2, 0.25) is 0 Å². The van der Waals surface area contributed by atoms with Gasteiger partial charge in [-0.25, -0.2) is 0 Å². The summed E-state index contributed by atoms with van der Waals surface area (Å²) in [4.78, 5) is 0. The molecule has 1 unspecified atom stereocenters. The molecule has 0 saturated carbocycles. The SMILES string of the molecule is C#CCCC1(O)CCCCc2ccccc21. The van der Waals surface area contributed by atoms with Crippen LogP contribution < -0.4 is 0 Å². The lowest BCUT2D eigenvalue weighted by atomic mass is 9.84. The smallest absolute Gasteiger partial charge is 0.0908 e. The molecule has 0 saturated heterocycles. The number of fused-ring (bicyclic) bond motifs is 1. The molecule has 1 N–H and O–H groups in total. The number of hydrogen-bond donors (Lipinski definition) is 1. The third-order valence-corrected chi connectivity index (χ3v) is 3.49. The molecule has 1 aromatic carbocycles. The second-order valence-corrected chi connectivity index (χ2v) is 4.60. The average Bonchev–Trinajstić information content (AvgIpc) is 2.48. The monoisotopic (exact) mass is 214 g/mol. The van der Waals surface area contributed by atoms with Crippen molar-refractivity contribution in [3.63, 3.8) is 0 Å². The van der Waals surface area contributed by atoms with Crippen molar-refractivity contribution in [1.82, 2.24) is 0 Å². The van der Waals surface area contributed by atoms with E-state index in [4.69, 9.17) is 6.42 Å². The van der Waals surface area contributed by atoms with Crippen LogP contribution >= 0.6 is 0 Å². The van der Waals surface area contributed by atoms with Crippen molar-refractivity contribution >= 4 is 0 Å². The second kappa shape index (κ2) is 4.72. The van der Waals surface area contributed by atoms with Crippen molar-refractivity contribution in [3.8, 4) is 12.3 Å². The predicted octanol–water partition coefficient (Wildman–Crippen LogP) is 3.01. The summed E-state index contributed by atoms with van der Waals surface area (Å²) in [6.07, 6.45) is 10.8. The van der Waals surface area contributed by atoms with Crippen LogP contribution in [0.3, 0.4) is 0 Å². The van der Waals surface area contributed by atoms with Gasteiger partial charge < -0.3 is 5.11 Å². The van der Waals surface area contributed by atoms with Gasteiger partial charge in [0.25, 0.3) is 0 Å². The van der Waals surface area contributed by atoms with Crippen LogP contribution in [0.15, 0.2) is 24.3 Å². The van der Waals surface area contributed by atoms with Crippen LogP contribution in [0.1, 0.15) is 43.2 Å². The van der Waals surface area contributed by atoms with E-state index in [1.807, 2.05) is 12.1 Å². The molecule has 84 valence electrons. The van der Waals surface area contributed by atoms with Gasteiger partial charge in [-0.3, -0.25) is 0 Å². The Kier molecular flexibility index (Phi) is 3.31. The topological polar surface area (TPSA) is 20.2 Å². The maximum atomic E-state index is 10.7. The molecule has 0 aliphatic heterocycles. The Morgan fingerprint density at radius 1 is 1.31 bits per heavy atom. The lowest BCUT2D eigenvalue weighted by Crippen LogP contribution is -2.25. The number of hydrogen-bond acceptors (Lipinski definition) is 1. The van der Waals surface area contributed by atoms with Crippen molar-refractivity contribution in [3.05, 3.63) is 35.4 Å². The first kappa shape index (κ1) is 11.2. The molecule has 0 bridgehead atoms. The van der Waals surface area contributed by atoms with E-state index in [1.54, 1.807) is 0 Å². The molecule has 1 aromatic rings. The molecule has 1 aliphatic carbocycles. The first-order valence-electron chi connectivity index (χ1n) is 6.00. The maximum Gasteiger partial charge on any atom is 0.0908 e. The Hall–Kier alpha value is -1.26. The molecule has 1 aliphatic rings. The molecule has 0 spiro atoms. The summed E-state index contributed by atoms with van der Waals surface area (Å²) in [6, 6.07) is 8.23. The summed E-state index contributed by atoms with van der Waals surface area (Å²) in [7, 11) is 0. The average molecular weight is 214 g/mol. The van der Waals surface area contributed by atoms with Crippen molar-refractivity contribution in [2.45, 2.75) is 44.1 Å². The van der Waals surface area contributed by atoms with Gasteiger partial charge in [0.2, 0.25) is 0 Å². The molecular formula is C15H18O. The van der Waals surface area contributed by atoms with E-state index in [0.29, 0.717) is 12.8 Å². The molecule has 0 aromatic heterocycles. The standard InChI is InChI=1S/C15H18O/c1-2-3-11-15(16)12-7-6-9-13-8-4-5-10-14(13)15/h1,4-5,8,10,16H,3,6-7,9,11-12H2. The zero-order valence-corrected chi connectivity index (χ0v) is 9.58. The van der Waals surface area contributed by atoms with E-state index in [2.05, 4.69) is 18.1 Å². The van der Waals surface area contributed by atoms with Gasteiger partial charge in [0.15, 0.2) is 0 Å². The minimum absolute atomic E-state index is 0.644. The van der Waals surface area contributed by atoms with E-state index in [9.17, 15) is 5.11 Å². The van der Waals surface area contributed by atoms with Crippen LogP contribution in [-0.4, -0.2) is 5.11 Å². The molecule has 0 heterocycles. The third-order valence-electron chi connectivity index (χ3n) is 3.49. The van der Waals surface area contributed by atoms with Crippen LogP contribution in [0, 0.1) is 12.3 Å². The lowest BCUT2D eigenvalue weighted by molar-refractivity contribution is 0.0195. The number of aryl methyl sites for hydroxylation is 1. The zero-order chi connectivity index (χ0) is 11.4. The Labute approximate surface area is 97.5 Å². The van der Waals surface area contributed by atoms with Crippen LogP contribution in [0.4, 0.5) is 0 Å². The van der Waals surface area contributed by atoms with Gasteiger partial charge in [-0.2, -0.15) is 0 Å². The van der Waals surface area contributed by atoms with Gasteiger partial charge in [-0.1, -0.05) is 24.3 Å². The van der Waals surface area contributed by atoms with E-state index in [1.165, 1.54) is 5.56 Å². The summed E-state index contributed by atoms with van der Waals surface area (Å²) in [6.45, 7) is 0. The minimum Gasteiger partial charge on any atom is -0.385 e. The molecule has 2 rings (SSSR count). The molecule has 1 atom stereocenters. The van der Waals surface area contributed by atoms with Crippen molar-refractivity contribution in [2.75, 3.05) is 0 Å². The fourth-order valence-corrected chi connectivity index (χ4v) is 2.60. The molecule has 1 heteroatoms. The summed E-state index contributed by atoms with van der Waals surface area (Å²) in [5.74, 6) is 2.63. The first-order chi connectivity index (χ1) is 7.76. The zero-order valence-electron chi connectivity index (χ0n) is 9.58. The Morgan fingerprint density at radius 3 is 2.94 bits per heavy atom. The molecule has 0 amide bonds. The van der Waals surface area contributed by atoms with Gasteiger partial charge >= 0.3 is 0 Å². The Morgan fingerprint density at radius 2 is 2.12 bits per heavy atom. The molecule has 0 fully saturated rings. The molecule has 16 heavy (non-hydrogen) atoms. The van der Waals surface area contributed by atoms with Crippen LogP contribution in [0.25, 0.3) is 0 Å². The number of terminal acetylenes is 1. The third kappa shape index (κ3) is 2.13. The minimum atomic E-state index is -0.695. The van der Waals surface area contributed by atoms with Gasteiger partial charge in [0, 0.05) is 6.42 Å². The van der Waals surface area contributed by atoms with E-state index >= 15 is 0 Å². The van der Waals surface area contributed by atoms with E-state index in [0.717, 1.165) is 31.2 Å². The quantitative estimate of drug-likeness (QED) is 0.592. The van der Waals surface area contributed by atoms with Gasteiger partial charge in [0.1, 0.15) is 0 Å². The lowest BCUT2D eigenvalue weighted by Gasteiger charge is -2.28. The number of rotatable bonds is 2. The Balaban J connectivity index is 2.35. The van der Waals surface area contributed by atoms with E-state index in [-0.39, 0.29) is 0 Å². The van der Waals surface area contributed by atoms with Crippen molar-refractivity contribution < 1.29 is 5.11 Å². The molecule has 1 nitrogen and oxygen atoms in total. The summed E-state index contributed by atoms with van der Waals surface area (Å²) in [5, 5.41) is 10.7. The summed E-state index contributed by atoms with van der Waals surface area (Å²) in [5.41, 5.74) is 1.70. The maximum absolute atomic E-state index is 10.7. The molecular weight excluding hydrogens is 196 g/mol. The summed E-state index contributed by atoms with van der Waals surface area (Å²) < 4.78 is 0. The van der Waals surface area contributed by atoms with Gasteiger partial charge in [-0.15, -0.1) is 12.3 Å². The fourth-order valence-electron chi connectivity index (χ4n) is 2.60. The fraction of sp³-hybridized carbons (Fsp3) is 0.467. The first-order valence-corrected chi connectivity index (χ1v) is 6.00. The van der Waals surface area contributed by atoms with E-state index < -0.39 is 5.60 Å². The normalized spacial score (nSPS) is 24.2. The number of aliphatic hydroxyl groups is 1. The van der Waals surface area contributed by atoms with Gasteiger partial charge in [-0.05, 0) is 43.2 Å². The largest absolute Gasteiger partial charge is 0.385 e. The second-order valence-electron chi connectivity index (χ2n) is 4.60. The highest BCUT2D eigenvalue weighted by Crippen LogP contribution is 2.37. The predicted molar refractivity (Wildman–Crippen MR) is 66.0 cm³/mol. The highest BCUT2D eigenvalue weighted by atomic mass is 16.3. The van der Waals surface area contributed by atoms with Crippen molar-refractivity contribution in [1.29, 1.82) is 0 Å².